The molecule has 23 heavy (non-hydrogen) atoms. The number of aliphatic hydroxyl groups is 1. The normalized spacial score (nSPS) is 11.3. The number of hydrogen-bond donors (Lipinski definition) is 1. The predicted octanol–water partition coefficient (Wildman–Crippen LogP) is 3.82. The number of fused-ring (bicyclic) bond motifs is 1. The maximum atomic E-state index is 9.15. The Balaban J connectivity index is 1.95. The third-order valence-corrected chi connectivity index (χ3v) is 4.47. The zero-order valence-corrected chi connectivity index (χ0v) is 13.9. The number of rotatable bonds is 6. The van der Waals surface area contributed by atoms with Gasteiger partial charge in [0, 0.05) is 19.6 Å². The van der Waals surface area contributed by atoms with E-state index in [1.165, 1.54) is 22.2 Å². The first-order valence-electron chi connectivity index (χ1n) is 8.30. The Hall–Kier alpha value is -2.13. The largest absolute Gasteiger partial charge is 0.396 e. The van der Waals surface area contributed by atoms with E-state index in [-0.39, 0.29) is 6.61 Å². The quantitative estimate of drug-likeness (QED) is 0.752. The maximum absolute atomic E-state index is 9.15. The van der Waals surface area contributed by atoms with Gasteiger partial charge in [0.25, 0.3) is 0 Å². The summed E-state index contributed by atoms with van der Waals surface area (Å²) in [6.45, 7) is 5.41. The molecule has 0 bridgehead atoms. The molecule has 3 nitrogen and oxygen atoms in total. The van der Waals surface area contributed by atoms with Crippen LogP contribution in [0.15, 0.2) is 42.5 Å². The number of hydrogen-bond acceptors (Lipinski definition) is 2. The molecule has 0 fully saturated rings. The van der Waals surface area contributed by atoms with Crippen molar-refractivity contribution in [1.29, 1.82) is 0 Å². The van der Waals surface area contributed by atoms with E-state index in [2.05, 4.69) is 60.9 Å². The van der Waals surface area contributed by atoms with Crippen molar-refractivity contribution in [3.05, 3.63) is 65.0 Å². The van der Waals surface area contributed by atoms with Crippen LogP contribution in [0, 0.1) is 13.8 Å². The van der Waals surface area contributed by atoms with Gasteiger partial charge in [-0.15, -0.1) is 0 Å². The molecule has 3 rings (SSSR count). The molecule has 0 spiro atoms. The molecule has 2 aromatic carbocycles. The van der Waals surface area contributed by atoms with Crippen molar-refractivity contribution in [2.24, 2.45) is 0 Å². The minimum Gasteiger partial charge on any atom is -0.396 e. The molecular weight excluding hydrogens is 284 g/mol. The fourth-order valence-corrected chi connectivity index (χ4v) is 2.99. The van der Waals surface area contributed by atoms with Gasteiger partial charge in [-0.1, -0.05) is 30.3 Å². The summed E-state index contributed by atoms with van der Waals surface area (Å²) in [5.74, 6) is 1.08. The van der Waals surface area contributed by atoms with Crippen LogP contribution in [-0.2, 0) is 19.4 Å². The second-order valence-electron chi connectivity index (χ2n) is 6.17. The van der Waals surface area contributed by atoms with Gasteiger partial charge in [-0.25, -0.2) is 4.98 Å². The van der Waals surface area contributed by atoms with Crippen LogP contribution in [0.25, 0.3) is 11.0 Å². The molecule has 1 heterocycles. The van der Waals surface area contributed by atoms with Gasteiger partial charge in [0.2, 0.25) is 0 Å². The summed E-state index contributed by atoms with van der Waals surface area (Å²) in [6, 6.07) is 15.0. The fraction of sp³-hybridized carbons (Fsp3) is 0.350. The third-order valence-electron chi connectivity index (χ3n) is 4.47. The molecular formula is C20H24N2O. The van der Waals surface area contributed by atoms with Gasteiger partial charge in [0.05, 0.1) is 11.0 Å². The van der Waals surface area contributed by atoms with Gasteiger partial charge >= 0.3 is 0 Å². The summed E-state index contributed by atoms with van der Waals surface area (Å²) in [4.78, 5) is 4.82. The molecule has 120 valence electrons. The highest BCUT2D eigenvalue weighted by Crippen LogP contribution is 2.22. The van der Waals surface area contributed by atoms with E-state index in [9.17, 15) is 0 Å². The molecule has 0 atom stereocenters. The van der Waals surface area contributed by atoms with Crippen LogP contribution in [0.5, 0.6) is 0 Å². The zero-order chi connectivity index (χ0) is 16.2. The van der Waals surface area contributed by atoms with E-state index < -0.39 is 0 Å². The zero-order valence-electron chi connectivity index (χ0n) is 13.9. The van der Waals surface area contributed by atoms with E-state index in [4.69, 9.17) is 10.1 Å². The molecule has 1 N–H and O–H groups in total. The van der Waals surface area contributed by atoms with E-state index in [1.54, 1.807) is 0 Å². The Bertz CT molecular complexity index is 790. The molecule has 0 radical (unpaired) electrons. The number of aromatic nitrogens is 2. The summed E-state index contributed by atoms with van der Waals surface area (Å²) in [6.07, 6.45) is 2.57. The van der Waals surface area contributed by atoms with Crippen LogP contribution < -0.4 is 0 Å². The van der Waals surface area contributed by atoms with Gasteiger partial charge in [-0.2, -0.15) is 0 Å². The van der Waals surface area contributed by atoms with Crippen molar-refractivity contribution in [2.75, 3.05) is 6.61 Å². The summed E-state index contributed by atoms with van der Waals surface area (Å²) in [5.41, 5.74) is 6.18. The molecule has 1 aromatic heterocycles. The molecule has 3 heteroatoms. The summed E-state index contributed by atoms with van der Waals surface area (Å²) in [5, 5.41) is 9.15. The predicted molar refractivity (Wildman–Crippen MR) is 94.8 cm³/mol. The number of aryl methyl sites for hydroxylation is 5. The van der Waals surface area contributed by atoms with Gasteiger partial charge in [-0.05, 0) is 55.5 Å². The average molecular weight is 308 g/mol. The van der Waals surface area contributed by atoms with Crippen LogP contribution in [0.1, 0.15) is 28.9 Å². The van der Waals surface area contributed by atoms with Gasteiger partial charge < -0.3 is 9.67 Å². The Labute approximate surface area is 137 Å². The number of nitrogens with zero attached hydrogens (tertiary/aromatic N) is 2. The molecule has 0 unspecified atom stereocenters. The number of imidazole rings is 1. The van der Waals surface area contributed by atoms with Crippen molar-refractivity contribution < 1.29 is 5.11 Å². The lowest BCUT2D eigenvalue weighted by atomic mass is 10.1. The second-order valence-corrected chi connectivity index (χ2v) is 6.17. The first-order valence-corrected chi connectivity index (χ1v) is 8.30. The van der Waals surface area contributed by atoms with E-state index in [1.807, 2.05) is 0 Å². The summed E-state index contributed by atoms with van der Waals surface area (Å²) < 4.78 is 2.32. The second kappa shape index (κ2) is 6.97. The average Bonchev–Trinajstić information content (AvgIpc) is 2.89. The highest BCUT2D eigenvalue weighted by atomic mass is 16.2. The summed E-state index contributed by atoms with van der Waals surface area (Å²) in [7, 11) is 0. The number of aliphatic hydroxyl groups excluding tert-OH is 1. The molecule has 0 aliphatic heterocycles. The van der Waals surface area contributed by atoms with E-state index in [0.29, 0.717) is 0 Å². The fourth-order valence-electron chi connectivity index (χ4n) is 2.99. The van der Waals surface area contributed by atoms with Crippen molar-refractivity contribution in [2.45, 2.75) is 39.7 Å². The van der Waals surface area contributed by atoms with Crippen molar-refractivity contribution in [3.63, 3.8) is 0 Å². The molecule has 0 amide bonds. The highest BCUT2D eigenvalue weighted by Gasteiger charge is 2.12. The third kappa shape index (κ3) is 3.45. The lowest BCUT2D eigenvalue weighted by molar-refractivity contribution is 0.287. The van der Waals surface area contributed by atoms with Crippen molar-refractivity contribution in [1.82, 2.24) is 9.55 Å². The van der Waals surface area contributed by atoms with Gasteiger partial charge in [-0.3, -0.25) is 0 Å². The number of benzene rings is 2. The Morgan fingerprint density at radius 1 is 1.00 bits per heavy atom. The molecule has 0 aliphatic carbocycles. The lowest BCUT2D eigenvalue weighted by Crippen LogP contribution is -2.07. The maximum Gasteiger partial charge on any atom is 0.109 e. The van der Waals surface area contributed by atoms with Crippen molar-refractivity contribution >= 4 is 11.0 Å². The monoisotopic (exact) mass is 308 g/mol. The Morgan fingerprint density at radius 3 is 2.48 bits per heavy atom. The van der Waals surface area contributed by atoms with Crippen LogP contribution in [0.2, 0.25) is 0 Å². The summed E-state index contributed by atoms with van der Waals surface area (Å²) >= 11 is 0. The standard InChI is InChI=1S/C20H24N2O/c1-15-13-18-19(14-16(15)2)22(20(21-18)9-6-12-23)11-10-17-7-4-3-5-8-17/h3-5,7-8,13-14,23H,6,9-12H2,1-2H3. The van der Waals surface area contributed by atoms with Crippen molar-refractivity contribution in [3.8, 4) is 0 Å². The smallest absolute Gasteiger partial charge is 0.109 e. The first-order chi connectivity index (χ1) is 11.2. The van der Waals surface area contributed by atoms with Crippen LogP contribution in [0.3, 0.4) is 0 Å². The minimum atomic E-state index is 0.208. The van der Waals surface area contributed by atoms with Gasteiger partial charge in [0.15, 0.2) is 0 Å². The molecule has 0 saturated carbocycles. The molecule has 3 aromatic rings. The van der Waals surface area contributed by atoms with E-state index >= 15 is 0 Å². The lowest BCUT2D eigenvalue weighted by Gasteiger charge is -2.10. The highest BCUT2D eigenvalue weighted by molar-refractivity contribution is 5.78. The van der Waals surface area contributed by atoms with Crippen LogP contribution in [-0.4, -0.2) is 21.3 Å². The Kier molecular flexibility index (Phi) is 4.77. The SMILES string of the molecule is Cc1cc2nc(CCCO)n(CCc3ccccc3)c2cc1C. The topological polar surface area (TPSA) is 38.1 Å². The first kappa shape index (κ1) is 15.8. The Morgan fingerprint density at radius 2 is 1.74 bits per heavy atom. The minimum absolute atomic E-state index is 0.208. The molecule has 0 saturated heterocycles. The molecule has 0 aliphatic rings. The van der Waals surface area contributed by atoms with Crippen LogP contribution in [0.4, 0.5) is 0 Å². The van der Waals surface area contributed by atoms with Crippen LogP contribution >= 0.6 is 0 Å². The van der Waals surface area contributed by atoms with Gasteiger partial charge in [0.1, 0.15) is 5.82 Å². The van der Waals surface area contributed by atoms with E-state index in [0.717, 1.165) is 37.1 Å².